The molecule has 2 aromatic rings. The Morgan fingerprint density at radius 1 is 1.18 bits per heavy atom. The van der Waals surface area contributed by atoms with Crippen LogP contribution in [-0.4, -0.2) is 35.4 Å². The van der Waals surface area contributed by atoms with E-state index in [0.29, 0.717) is 10.2 Å². The number of imide groups is 1. The second-order valence-corrected chi connectivity index (χ2v) is 8.72. The molecule has 0 aliphatic carbocycles. The van der Waals surface area contributed by atoms with Gasteiger partial charge in [-0.2, -0.15) is 0 Å². The lowest BCUT2D eigenvalue weighted by Crippen LogP contribution is -2.48. The predicted molar refractivity (Wildman–Crippen MR) is 92.9 cm³/mol. The summed E-state index contributed by atoms with van der Waals surface area (Å²) < 4.78 is 47.5. The van der Waals surface area contributed by atoms with Crippen LogP contribution in [0, 0.1) is 10.8 Å². The fraction of sp³-hybridized carbons (Fsp3) is 0.500. The maximum atomic E-state index is 13.3. The van der Waals surface area contributed by atoms with Crippen molar-refractivity contribution in [3.8, 4) is 5.75 Å². The van der Waals surface area contributed by atoms with Gasteiger partial charge in [-0.15, -0.1) is 13.2 Å². The monoisotopic (exact) mass is 412 g/mol. The molecule has 0 unspecified atom stereocenters. The molecule has 2 amide bonds. The smallest absolute Gasteiger partial charge is 0.406 e. The van der Waals surface area contributed by atoms with Gasteiger partial charge in [0.25, 0.3) is 0 Å². The molecule has 148 valence electrons. The summed E-state index contributed by atoms with van der Waals surface area (Å²) in [5.74, 6) is -1.10. The van der Waals surface area contributed by atoms with Gasteiger partial charge in [0, 0.05) is 6.07 Å². The molecular weight excluding hydrogens is 397 g/mol. The van der Waals surface area contributed by atoms with Gasteiger partial charge >= 0.3 is 6.36 Å². The number of ether oxygens (including phenoxy) is 2. The molecule has 0 saturated carbocycles. The van der Waals surface area contributed by atoms with Crippen molar-refractivity contribution in [2.45, 2.75) is 45.3 Å². The van der Waals surface area contributed by atoms with Gasteiger partial charge in [-0.3, -0.25) is 9.59 Å². The number of anilines is 1. The van der Waals surface area contributed by atoms with Gasteiger partial charge in [0.2, 0.25) is 11.8 Å². The number of hydrogen-bond donors (Lipinski definition) is 0. The summed E-state index contributed by atoms with van der Waals surface area (Å²) in [5, 5.41) is 0.158. The number of hydrogen-bond acceptors (Lipinski definition) is 6. The first-order valence-electron chi connectivity index (χ1n) is 8.76. The van der Waals surface area contributed by atoms with Gasteiger partial charge in [-0.25, -0.2) is 9.88 Å². The number of thiazole rings is 1. The molecule has 0 N–H and O–H groups in total. The van der Waals surface area contributed by atoms with E-state index in [4.69, 9.17) is 4.74 Å². The molecule has 0 spiro atoms. The van der Waals surface area contributed by atoms with Crippen LogP contribution in [0.5, 0.6) is 5.75 Å². The quantitative estimate of drug-likeness (QED) is 0.705. The van der Waals surface area contributed by atoms with E-state index in [1.165, 1.54) is 12.1 Å². The predicted octanol–water partition coefficient (Wildman–Crippen LogP) is 3.64. The molecule has 3 fully saturated rings. The summed E-state index contributed by atoms with van der Waals surface area (Å²) in [7, 11) is 0. The van der Waals surface area contributed by atoms with Gasteiger partial charge in [0.05, 0.1) is 33.3 Å². The molecule has 28 heavy (non-hydrogen) atoms. The molecule has 1 aromatic carbocycles. The highest BCUT2D eigenvalue weighted by molar-refractivity contribution is 7.22. The lowest BCUT2D eigenvalue weighted by molar-refractivity contribution is -0.274. The molecule has 0 radical (unpaired) electrons. The summed E-state index contributed by atoms with van der Waals surface area (Å²) in [6.45, 7) is 3.53. The Hall–Kier alpha value is -2.20. The molecule has 4 atom stereocenters. The van der Waals surface area contributed by atoms with Crippen LogP contribution < -0.4 is 9.64 Å². The Labute approximate surface area is 161 Å². The van der Waals surface area contributed by atoms with Crippen LogP contribution >= 0.6 is 11.3 Å². The maximum absolute atomic E-state index is 13.3. The van der Waals surface area contributed by atoms with Crippen molar-refractivity contribution in [1.29, 1.82) is 0 Å². The van der Waals surface area contributed by atoms with Crippen molar-refractivity contribution < 1.29 is 32.2 Å². The van der Waals surface area contributed by atoms with Crippen LogP contribution in [-0.2, 0) is 14.3 Å². The van der Waals surface area contributed by atoms with E-state index in [1.807, 2.05) is 0 Å². The number of nitrogens with zero attached hydrogens (tertiary/aromatic N) is 2. The molecule has 10 heteroatoms. The fourth-order valence-corrected chi connectivity index (χ4v) is 5.78. The summed E-state index contributed by atoms with van der Waals surface area (Å²) in [4.78, 5) is 31.9. The SMILES string of the molecule is C[C@@]12C(=O)N(c3nc4ccc(OC(F)(F)F)cc4s3)C(=O)[C@]1(C)[C@@H]1CC[C@H]2O1. The Morgan fingerprint density at radius 3 is 2.36 bits per heavy atom. The average Bonchev–Trinajstić information content (AvgIpc) is 3.31. The topological polar surface area (TPSA) is 68.7 Å². The van der Waals surface area contributed by atoms with E-state index in [0.717, 1.165) is 35.1 Å². The molecule has 3 saturated heterocycles. The van der Waals surface area contributed by atoms with Crippen molar-refractivity contribution in [2.24, 2.45) is 10.8 Å². The Bertz CT molecular complexity index is 1000. The zero-order valence-corrected chi connectivity index (χ0v) is 15.7. The number of halogens is 3. The zero-order chi connectivity index (χ0) is 20.1. The van der Waals surface area contributed by atoms with Crippen molar-refractivity contribution in [2.75, 3.05) is 4.90 Å². The van der Waals surface area contributed by atoms with Crippen LogP contribution in [0.1, 0.15) is 26.7 Å². The second kappa shape index (κ2) is 5.24. The van der Waals surface area contributed by atoms with Crippen LogP contribution in [0.2, 0.25) is 0 Å². The maximum Gasteiger partial charge on any atom is 0.573 e. The lowest BCUT2D eigenvalue weighted by atomic mass is 9.59. The highest BCUT2D eigenvalue weighted by atomic mass is 32.1. The number of carbonyl (C=O) groups is 2. The van der Waals surface area contributed by atoms with Crippen molar-refractivity contribution in [3.05, 3.63) is 18.2 Å². The first kappa shape index (κ1) is 17.9. The third-order valence-electron chi connectivity index (χ3n) is 6.45. The van der Waals surface area contributed by atoms with Gasteiger partial charge < -0.3 is 9.47 Å². The normalized spacial score (nSPS) is 34.5. The van der Waals surface area contributed by atoms with Gasteiger partial charge in [-0.05, 0) is 38.8 Å². The number of rotatable bonds is 2. The molecule has 3 aliphatic heterocycles. The highest BCUT2D eigenvalue weighted by Gasteiger charge is 2.77. The Kier molecular flexibility index (Phi) is 3.34. The Morgan fingerprint density at radius 2 is 1.79 bits per heavy atom. The summed E-state index contributed by atoms with van der Waals surface area (Å²) >= 11 is 0.986. The summed E-state index contributed by atoms with van der Waals surface area (Å²) in [6.07, 6.45) is -3.99. The van der Waals surface area contributed by atoms with E-state index in [-0.39, 0.29) is 34.9 Å². The standard InChI is InChI=1S/C18H15F3N2O4S/c1-16-11-5-6-12(26-11)17(16,2)14(25)23(13(16)24)15-22-9-4-3-8(7-10(9)28-15)27-18(19,20)21/h3-4,7,11-12H,5-6H2,1-2H3/t11-,12+,16-,17+. The first-order chi connectivity index (χ1) is 13.1. The summed E-state index contributed by atoms with van der Waals surface area (Å²) in [6, 6.07) is 3.73. The number of aromatic nitrogens is 1. The van der Waals surface area contributed by atoms with E-state index in [1.54, 1.807) is 13.8 Å². The first-order valence-corrected chi connectivity index (χ1v) is 9.58. The molecule has 6 nitrogen and oxygen atoms in total. The Balaban J connectivity index is 1.56. The van der Waals surface area contributed by atoms with Crippen molar-refractivity contribution in [1.82, 2.24) is 4.98 Å². The molecule has 4 heterocycles. The number of amides is 2. The van der Waals surface area contributed by atoms with Crippen molar-refractivity contribution in [3.63, 3.8) is 0 Å². The van der Waals surface area contributed by atoms with E-state index in [9.17, 15) is 22.8 Å². The van der Waals surface area contributed by atoms with Crippen molar-refractivity contribution >= 4 is 38.5 Å². The molecule has 1 aromatic heterocycles. The van der Waals surface area contributed by atoms with E-state index < -0.39 is 17.2 Å². The van der Waals surface area contributed by atoms with Crippen LogP contribution in [0.3, 0.4) is 0 Å². The van der Waals surface area contributed by atoms with Crippen LogP contribution in [0.4, 0.5) is 18.3 Å². The molecule has 5 rings (SSSR count). The van der Waals surface area contributed by atoms with Gasteiger partial charge in [0.15, 0.2) is 5.13 Å². The fourth-order valence-electron chi connectivity index (χ4n) is 4.79. The minimum Gasteiger partial charge on any atom is -0.406 e. The minimum atomic E-state index is -4.80. The summed E-state index contributed by atoms with van der Waals surface area (Å²) in [5.41, 5.74) is -1.54. The number of alkyl halides is 3. The number of carbonyl (C=O) groups excluding carboxylic acids is 2. The average molecular weight is 412 g/mol. The molecule has 2 bridgehead atoms. The zero-order valence-electron chi connectivity index (χ0n) is 14.9. The van der Waals surface area contributed by atoms with E-state index in [2.05, 4.69) is 9.72 Å². The minimum absolute atomic E-state index is 0.158. The van der Waals surface area contributed by atoms with Crippen LogP contribution in [0.15, 0.2) is 18.2 Å². The largest absolute Gasteiger partial charge is 0.573 e. The number of fused-ring (bicyclic) bond motifs is 6. The van der Waals surface area contributed by atoms with Gasteiger partial charge in [-0.1, -0.05) is 11.3 Å². The third-order valence-corrected chi connectivity index (χ3v) is 7.46. The molecular formula is C18H15F3N2O4S. The highest BCUT2D eigenvalue weighted by Crippen LogP contribution is 2.64. The second-order valence-electron chi connectivity index (χ2n) is 7.71. The lowest BCUT2D eigenvalue weighted by Gasteiger charge is -2.36. The number of benzene rings is 1. The van der Waals surface area contributed by atoms with Crippen LogP contribution in [0.25, 0.3) is 10.2 Å². The van der Waals surface area contributed by atoms with E-state index >= 15 is 0 Å². The third kappa shape index (κ3) is 2.04. The molecule has 3 aliphatic rings. The van der Waals surface area contributed by atoms with Gasteiger partial charge in [0.1, 0.15) is 5.75 Å².